The third-order valence-corrected chi connectivity index (χ3v) is 12.0. The van der Waals surface area contributed by atoms with Crippen LogP contribution in [0.25, 0.3) is 0 Å². The normalized spacial score (nSPS) is 41.1. The first-order valence-corrected chi connectivity index (χ1v) is 14.2. The molecular weight excluding hydrogens is 452 g/mol. The summed E-state index contributed by atoms with van der Waals surface area (Å²) < 4.78 is 4.80. The van der Waals surface area contributed by atoms with Crippen molar-refractivity contribution < 1.29 is 24.2 Å². The molecule has 36 heavy (non-hydrogen) atoms. The number of methoxy groups -OCH3 is 1. The molecule has 4 aliphatic carbocycles. The minimum Gasteiger partial charge on any atom is -0.469 e. The third-order valence-electron chi connectivity index (χ3n) is 12.0. The topological polar surface area (TPSA) is 80.7 Å². The van der Waals surface area contributed by atoms with E-state index in [-0.39, 0.29) is 57.8 Å². The van der Waals surface area contributed by atoms with Crippen LogP contribution < -0.4 is 0 Å². The zero-order valence-corrected chi connectivity index (χ0v) is 23.8. The molecular formula is C31H48O5. The summed E-state index contributed by atoms with van der Waals surface area (Å²) in [5, 5.41) is 10.8. The number of ether oxygens (including phenoxy) is 1. The second kappa shape index (κ2) is 9.06. The van der Waals surface area contributed by atoms with Crippen molar-refractivity contribution in [2.45, 2.75) is 112 Å². The average molecular weight is 501 g/mol. The summed E-state index contributed by atoms with van der Waals surface area (Å²) in [6.45, 7) is 15.3. The number of aliphatic hydroxyl groups excluding tert-OH is 1. The number of carbonyl (C=O) groups excluding carboxylic acids is 3. The van der Waals surface area contributed by atoms with E-state index in [4.69, 9.17) is 4.74 Å². The quantitative estimate of drug-likeness (QED) is 0.448. The molecule has 8 atom stereocenters. The highest BCUT2D eigenvalue weighted by molar-refractivity contribution is 5.99. The van der Waals surface area contributed by atoms with E-state index in [1.54, 1.807) is 6.92 Å². The number of allylic oxidation sites excluding steroid dienone is 2. The lowest BCUT2D eigenvalue weighted by Crippen LogP contribution is -2.57. The number of carbonyl (C=O) groups is 3. The zero-order chi connectivity index (χ0) is 26.8. The fraction of sp³-hybridized carbons (Fsp3) is 0.839. The van der Waals surface area contributed by atoms with Gasteiger partial charge in [0.05, 0.1) is 19.1 Å². The Labute approximate surface area is 217 Å². The molecule has 0 aliphatic heterocycles. The van der Waals surface area contributed by atoms with Crippen molar-refractivity contribution >= 4 is 17.5 Å². The van der Waals surface area contributed by atoms with Crippen LogP contribution in [0.5, 0.6) is 0 Å². The minimum absolute atomic E-state index is 0.0257. The van der Waals surface area contributed by atoms with Gasteiger partial charge in [0.1, 0.15) is 5.78 Å². The monoisotopic (exact) mass is 500 g/mol. The predicted octanol–water partition coefficient (Wildman–Crippen LogP) is 6.07. The third kappa shape index (κ3) is 3.85. The number of hydrogen-bond acceptors (Lipinski definition) is 5. The fourth-order valence-electron chi connectivity index (χ4n) is 9.52. The lowest BCUT2D eigenvalue weighted by molar-refractivity contribution is -0.146. The maximum absolute atomic E-state index is 13.9. The van der Waals surface area contributed by atoms with E-state index in [1.807, 2.05) is 0 Å². The number of fused-ring (bicyclic) bond motifs is 4. The largest absolute Gasteiger partial charge is 0.469 e. The summed E-state index contributed by atoms with van der Waals surface area (Å²) >= 11 is 0. The Hall–Kier alpha value is -1.49. The fourth-order valence-corrected chi connectivity index (χ4v) is 9.52. The van der Waals surface area contributed by atoms with Crippen molar-refractivity contribution in [1.82, 2.24) is 0 Å². The second-order valence-electron chi connectivity index (χ2n) is 14.1. The first-order chi connectivity index (χ1) is 16.6. The molecule has 0 spiro atoms. The van der Waals surface area contributed by atoms with Gasteiger partial charge in [-0.3, -0.25) is 14.4 Å². The van der Waals surface area contributed by atoms with E-state index in [9.17, 15) is 19.5 Å². The highest BCUT2D eigenvalue weighted by Gasteiger charge is 2.65. The Balaban J connectivity index is 1.61. The Bertz CT molecular complexity index is 977. The molecule has 0 amide bonds. The molecule has 0 bridgehead atoms. The van der Waals surface area contributed by atoms with Crippen LogP contribution in [0.1, 0.15) is 106 Å². The summed E-state index contributed by atoms with van der Waals surface area (Å²) in [6, 6.07) is 0. The van der Waals surface area contributed by atoms with E-state index < -0.39 is 5.92 Å². The summed E-state index contributed by atoms with van der Waals surface area (Å²) in [7, 11) is 1.36. The van der Waals surface area contributed by atoms with Gasteiger partial charge in [-0.2, -0.15) is 0 Å². The number of esters is 1. The van der Waals surface area contributed by atoms with Gasteiger partial charge in [-0.15, -0.1) is 0 Å². The molecule has 0 aromatic heterocycles. The van der Waals surface area contributed by atoms with Crippen molar-refractivity contribution in [3.63, 3.8) is 0 Å². The first-order valence-electron chi connectivity index (χ1n) is 14.2. The molecule has 2 saturated carbocycles. The van der Waals surface area contributed by atoms with Crippen LogP contribution in [-0.4, -0.2) is 35.9 Å². The van der Waals surface area contributed by atoms with E-state index >= 15 is 0 Å². The predicted molar refractivity (Wildman–Crippen MR) is 140 cm³/mol. The molecule has 4 rings (SSSR count). The van der Waals surface area contributed by atoms with Gasteiger partial charge in [-0.25, -0.2) is 0 Å². The van der Waals surface area contributed by atoms with E-state index in [0.29, 0.717) is 24.5 Å². The maximum Gasteiger partial charge on any atom is 0.308 e. The number of ketones is 2. The van der Waals surface area contributed by atoms with Gasteiger partial charge >= 0.3 is 5.97 Å². The zero-order valence-electron chi connectivity index (χ0n) is 23.8. The van der Waals surface area contributed by atoms with Gasteiger partial charge in [0.25, 0.3) is 0 Å². The molecule has 0 saturated heterocycles. The molecule has 3 unspecified atom stereocenters. The molecule has 5 nitrogen and oxygen atoms in total. The molecule has 0 radical (unpaired) electrons. The Morgan fingerprint density at radius 2 is 1.69 bits per heavy atom. The Morgan fingerprint density at radius 1 is 1.03 bits per heavy atom. The molecule has 5 heteroatoms. The maximum atomic E-state index is 13.9. The first kappa shape index (κ1) is 27.5. The number of Topliss-reactive ketones (excluding diaryl/α,β-unsaturated/α-hetero) is 2. The summed E-state index contributed by atoms with van der Waals surface area (Å²) in [5.74, 6) is 0.453. The molecule has 1 N–H and O–H groups in total. The SMILES string of the molecule is COC(=O)C(C)CC(=O)CC(C)[C@H]1CC[C@@]2(C)C3=C(CC[C@]12C)[C@@]1(C)CC[C@@H](O)C(C)(C)C1CC3=O. The van der Waals surface area contributed by atoms with Crippen molar-refractivity contribution in [3.05, 3.63) is 11.1 Å². The molecule has 202 valence electrons. The smallest absolute Gasteiger partial charge is 0.308 e. The standard InChI is InChI=1S/C31H48O5/c1-18(15-20(32)16-19(2)27(35)36-8)21-9-14-31(7)26-22(10-13-30(21,31)6)29(5)12-11-25(34)28(3,4)24(29)17-23(26)33/h18-19,21,24-25,34H,9-17H2,1-8H3/t18?,19?,21-,24?,25-,29-,30-,31+/m1/s1. The van der Waals surface area contributed by atoms with E-state index in [1.165, 1.54) is 12.7 Å². The van der Waals surface area contributed by atoms with Gasteiger partial charge < -0.3 is 9.84 Å². The van der Waals surface area contributed by atoms with Gasteiger partial charge in [0.2, 0.25) is 0 Å². The van der Waals surface area contributed by atoms with Crippen molar-refractivity contribution in [2.75, 3.05) is 7.11 Å². The summed E-state index contributed by atoms with van der Waals surface area (Å²) in [5.41, 5.74) is 2.01. The minimum atomic E-state index is -0.409. The van der Waals surface area contributed by atoms with Crippen molar-refractivity contribution in [3.8, 4) is 0 Å². The van der Waals surface area contributed by atoms with Crippen LogP contribution in [0.3, 0.4) is 0 Å². The van der Waals surface area contributed by atoms with Crippen LogP contribution in [-0.2, 0) is 19.1 Å². The Kier molecular flexibility index (Phi) is 6.93. The lowest BCUT2D eigenvalue weighted by atomic mass is 9.43. The highest BCUT2D eigenvalue weighted by Crippen LogP contribution is 2.71. The molecule has 0 aromatic rings. The van der Waals surface area contributed by atoms with Crippen molar-refractivity contribution in [2.24, 2.45) is 45.3 Å². The van der Waals surface area contributed by atoms with Gasteiger partial charge in [0, 0.05) is 30.3 Å². The average Bonchev–Trinajstić information content (AvgIpc) is 3.08. The van der Waals surface area contributed by atoms with Crippen LogP contribution in [0.4, 0.5) is 0 Å². The van der Waals surface area contributed by atoms with Crippen molar-refractivity contribution in [1.29, 1.82) is 0 Å². The molecule has 4 aliphatic rings. The van der Waals surface area contributed by atoms with Gasteiger partial charge in [-0.1, -0.05) is 54.0 Å². The van der Waals surface area contributed by atoms with Crippen LogP contribution >= 0.6 is 0 Å². The second-order valence-corrected chi connectivity index (χ2v) is 14.1. The lowest BCUT2D eigenvalue weighted by Gasteiger charge is -2.61. The van der Waals surface area contributed by atoms with Crippen LogP contribution in [0, 0.1) is 45.3 Å². The van der Waals surface area contributed by atoms with Gasteiger partial charge in [0.15, 0.2) is 5.78 Å². The van der Waals surface area contributed by atoms with Gasteiger partial charge in [-0.05, 0) is 72.5 Å². The van der Waals surface area contributed by atoms with Crippen LogP contribution in [0.2, 0.25) is 0 Å². The number of aliphatic hydroxyl groups is 1. The number of hydrogen-bond donors (Lipinski definition) is 1. The van der Waals surface area contributed by atoms with E-state index in [0.717, 1.165) is 44.1 Å². The number of rotatable bonds is 6. The summed E-state index contributed by atoms with van der Waals surface area (Å²) in [4.78, 5) is 38.6. The van der Waals surface area contributed by atoms with Crippen LogP contribution in [0.15, 0.2) is 11.1 Å². The molecule has 0 aromatic carbocycles. The summed E-state index contributed by atoms with van der Waals surface area (Å²) in [6.07, 6.45) is 6.65. The highest BCUT2D eigenvalue weighted by atomic mass is 16.5. The molecule has 0 heterocycles. The molecule has 2 fully saturated rings. The van der Waals surface area contributed by atoms with E-state index in [2.05, 4.69) is 41.5 Å². The Morgan fingerprint density at radius 3 is 2.33 bits per heavy atom.